The highest BCUT2D eigenvalue weighted by atomic mass is 16.3. The summed E-state index contributed by atoms with van der Waals surface area (Å²) in [7, 11) is 0. The molecular weight excluding hydrogens is 124 g/mol. The first-order valence-electron chi connectivity index (χ1n) is 3.56. The van der Waals surface area contributed by atoms with Crippen molar-refractivity contribution in [2.24, 2.45) is 0 Å². The van der Waals surface area contributed by atoms with Crippen molar-refractivity contribution in [3.63, 3.8) is 0 Å². The van der Waals surface area contributed by atoms with Gasteiger partial charge in [-0.15, -0.1) is 0 Å². The Labute approximate surface area is 61.4 Å². The lowest BCUT2D eigenvalue weighted by molar-refractivity contribution is 0.227. The summed E-state index contributed by atoms with van der Waals surface area (Å²) in [5.74, 6) is 0. The summed E-state index contributed by atoms with van der Waals surface area (Å²) in [4.78, 5) is 0. The highest BCUT2D eigenvalue weighted by Gasteiger charge is 1.93. The average molecular weight is 136 g/mol. The van der Waals surface area contributed by atoms with Crippen molar-refractivity contribution in [1.82, 2.24) is 0 Å². The number of aliphatic hydroxyl groups is 1. The van der Waals surface area contributed by atoms with Gasteiger partial charge in [0.15, 0.2) is 0 Å². The Bertz CT molecular complexity index is 166. The van der Waals surface area contributed by atoms with Gasteiger partial charge in [-0.05, 0) is 12.8 Å². The third-order valence-electron chi connectivity index (χ3n) is 1.40. The lowest BCUT2D eigenvalue weighted by atomic mass is 10.2. The molecule has 0 spiro atoms. The van der Waals surface area contributed by atoms with Crippen LogP contribution in [0, 0.1) is 0 Å². The van der Waals surface area contributed by atoms with Crippen LogP contribution in [-0.4, -0.2) is 11.2 Å². The van der Waals surface area contributed by atoms with Crippen LogP contribution in [0.2, 0.25) is 0 Å². The van der Waals surface area contributed by atoms with E-state index in [1.165, 1.54) is 0 Å². The van der Waals surface area contributed by atoms with Gasteiger partial charge < -0.3 is 5.11 Å². The number of allylic oxidation sites excluding steroid dienone is 4. The van der Waals surface area contributed by atoms with E-state index in [2.05, 4.69) is 12.2 Å². The Morgan fingerprint density at radius 1 is 1.10 bits per heavy atom. The fourth-order valence-electron chi connectivity index (χ4n) is 0.839. The standard InChI is InChI=1S/C9H12O/c10-9-7-5-3-1-2-4-6-8-9/h1,3-7,9-10H,2,8H2/b3-1-,6-4-,7-5-/t9-/m1/s1. The molecular formula is C9H12O. The third kappa shape index (κ3) is 2.65. The molecule has 1 heteroatoms. The average Bonchev–Trinajstić information content (AvgIpc) is 2.02. The molecule has 1 rings (SSSR count). The zero-order valence-corrected chi connectivity index (χ0v) is 5.90. The second kappa shape index (κ2) is 4.07. The molecule has 0 saturated heterocycles. The molecule has 0 fully saturated rings. The molecule has 0 aliphatic heterocycles. The SMILES string of the molecule is O[C@@H]1/C=C\C=C/C/C=C\C1. The van der Waals surface area contributed by atoms with Gasteiger partial charge in [-0.25, -0.2) is 0 Å². The van der Waals surface area contributed by atoms with Crippen molar-refractivity contribution in [2.45, 2.75) is 18.9 Å². The quantitative estimate of drug-likeness (QED) is 0.503. The minimum absolute atomic E-state index is 0.306. The van der Waals surface area contributed by atoms with Gasteiger partial charge in [0, 0.05) is 0 Å². The maximum Gasteiger partial charge on any atom is 0.0758 e. The highest BCUT2D eigenvalue weighted by molar-refractivity contribution is 5.09. The number of rotatable bonds is 0. The van der Waals surface area contributed by atoms with E-state index >= 15 is 0 Å². The van der Waals surface area contributed by atoms with E-state index < -0.39 is 0 Å². The summed E-state index contributed by atoms with van der Waals surface area (Å²) in [5.41, 5.74) is 0. The van der Waals surface area contributed by atoms with Gasteiger partial charge in [-0.3, -0.25) is 0 Å². The van der Waals surface area contributed by atoms with E-state index in [0.29, 0.717) is 0 Å². The summed E-state index contributed by atoms with van der Waals surface area (Å²) in [6, 6.07) is 0. The van der Waals surface area contributed by atoms with Crippen molar-refractivity contribution in [3.05, 3.63) is 36.5 Å². The first-order chi connectivity index (χ1) is 4.89. The van der Waals surface area contributed by atoms with Gasteiger partial charge in [0.2, 0.25) is 0 Å². The number of hydrogen-bond acceptors (Lipinski definition) is 1. The first-order valence-corrected chi connectivity index (χ1v) is 3.56. The van der Waals surface area contributed by atoms with Crippen LogP contribution in [0.1, 0.15) is 12.8 Å². The fourth-order valence-corrected chi connectivity index (χ4v) is 0.839. The molecule has 1 aliphatic carbocycles. The van der Waals surface area contributed by atoms with E-state index in [1.807, 2.05) is 18.2 Å². The molecule has 0 bridgehead atoms. The van der Waals surface area contributed by atoms with Crippen LogP contribution in [0.4, 0.5) is 0 Å². The topological polar surface area (TPSA) is 20.2 Å². The molecule has 0 aromatic carbocycles. The molecule has 0 aromatic heterocycles. The second-order valence-corrected chi connectivity index (χ2v) is 2.32. The number of aliphatic hydroxyl groups excluding tert-OH is 1. The Morgan fingerprint density at radius 3 is 2.90 bits per heavy atom. The summed E-state index contributed by atoms with van der Waals surface area (Å²) in [6.07, 6.45) is 13.2. The zero-order chi connectivity index (χ0) is 7.23. The van der Waals surface area contributed by atoms with Gasteiger partial charge >= 0.3 is 0 Å². The predicted octanol–water partition coefficient (Wildman–Crippen LogP) is 1.81. The van der Waals surface area contributed by atoms with E-state index in [9.17, 15) is 0 Å². The van der Waals surface area contributed by atoms with Gasteiger partial charge in [-0.2, -0.15) is 0 Å². The van der Waals surface area contributed by atoms with E-state index in [0.717, 1.165) is 12.8 Å². The summed E-state index contributed by atoms with van der Waals surface area (Å²) in [5, 5.41) is 9.17. The largest absolute Gasteiger partial charge is 0.389 e. The second-order valence-electron chi connectivity index (χ2n) is 2.32. The summed E-state index contributed by atoms with van der Waals surface area (Å²) < 4.78 is 0. The molecule has 0 amide bonds. The van der Waals surface area contributed by atoms with Crippen LogP contribution in [0.5, 0.6) is 0 Å². The van der Waals surface area contributed by atoms with Gasteiger partial charge in [0.25, 0.3) is 0 Å². The molecule has 1 atom stereocenters. The molecule has 1 aliphatic rings. The lowest BCUT2D eigenvalue weighted by Crippen LogP contribution is -1.98. The molecule has 1 nitrogen and oxygen atoms in total. The van der Waals surface area contributed by atoms with Crippen molar-refractivity contribution < 1.29 is 5.11 Å². The molecule has 0 radical (unpaired) electrons. The number of hydrogen-bond donors (Lipinski definition) is 1. The lowest BCUT2D eigenvalue weighted by Gasteiger charge is -1.97. The van der Waals surface area contributed by atoms with Crippen molar-refractivity contribution in [3.8, 4) is 0 Å². The summed E-state index contributed by atoms with van der Waals surface area (Å²) >= 11 is 0. The van der Waals surface area contributed by atoms with Crippen molar-refractivity contribution in [1.29, 1.82) is 0 Å². The van der Waals surface area contributed by atoms with Crippen LogP contribution in [-0.2, 0) is 0 Å². The highest BCUT2D eigenvalue weighted by Crippen LogP contribution is 1.99. The molecule has 0 aromatic rings. The van der Waals surface area contributed by atoms with Crippen molar-refractivity contribution in [2.75, 3.05) is 0 Å². The Hall–Kier alpha value is -0.820. The maximum absolute atomic E-state index is 9.17. The van der Waals surface area contributed by atoms with Crippen LogP contribution in [0.25, 0.3) is 0 Å². The van der Waals surface area contributed by atoms with Crippen LogP contribution in [0.15, 0.2) is 36.5 Å². The Balaban J connectivity index is 2.54. The van der Waals surface area contributed by atoms with Crippen LogP contribution in [0.3, 0.4) is 0 Å². The van der Waals surface area contributed by atoms with E-state index in [-0.39, 0.29) is 6.10 Å². The van der Waals surface area contributed by atoms with Crippen LogP contribution >= 0.6 is 0 Å². The Morgan fingerprint density at radius 2 is 2.00 bits per heavy atom. The first kappa shape index (κ1) is 7.29. The van der Waals surface area contributed by atoms with Gasteiger partial charge in [-0.1, -0.05) is 36.5 Å². The summed E-state index contributed by atoms with van der Waals surface area (Å²) in [6.45, 7) is 0. The molecule has 54 valence electrons. The third-order valence-corrected chi connectivity index (χ3v) is 1.40. The van der Waals surface area contributed by atoms with Crippen LogP contribution < -0.4 is 0 Å². The molecule has 10 heavy (non-hydrogen) atoms. The van der Waals surface area contributed by atoms with E-state index in [1.54, 1.807) is 6.08 Å². The normalized spacial score (nSPS) is 35.1. The minimum Gasteiger partial charge on any atom is -0.389 e. The fraction of sp³-hybridized carbons (Fsp3) is 0.333. The monoisotopic (exact) mass is 136 g/mol. The molecule has 0 unspecified atom stereocenters. The maximum atomic E-state index is 9.17. The van der Waals surface area contributed by atoms with E-state index in [4.69, 9.17) is 5.11 Å². The molecule has 0 saturated carbocycles. The predicted molar refractivity (Wildman–Crippen MR) is 42.7 cm³/mol. The van der Waals surface area contributed by atoms with Gasteiger partial charge in [0.1, 0.15) is 0 Å². The minimum atomic E-state index is -0.306. The van der Waals surface area contributed by atoms with Crippen molar-refractivity contribution >= 4 is 0 Å². The Kier molecular flexibility index (Phi) is 2.97. The molecule has 0 heterocycles. The zero-order valence-electron chi connectivity index (χ0n) is 5.90. The van der Waals surface area contributed by atoms with Gasteiger partial charge in [0.05, 0.1) is 6.10 Å². The molecule has 1 N–H and O–H groups in total. The smallest absolute Gasteiger partial charge is 0.0758 e.